The first-order chi connectivity index (χ1) is 6.89. The lowest BCUT2D eigenvalue weighted by Crippen LogP contribution is -2.25. The Labute approximate surface area is 96.3 Å². The molecule has 1 rings (SSSR count). The molecule has 1 heterocycles. The van der Waals surface area contributed by atoms with Gasteiger partial charge in [-0.05, 0) is 11.3 Å². The summed E-state index contributed by atoms with van der Waals surface area (Å²) < 4.78 is 0. The molecular formula is C11H18ClN3. The topological polar surface area (TPSA) is 37.8 Å². The molecule has 0 fully saturated rings. The third-order valence-corrected chi connectivity index (χ3v) is 2.86. The number of anilines is 1. The lowest BCUT2D eigenvalue weighted by atomic mass is 9.82. The third kappa shape index (κ3) is 4.04. The summed E-state index contributed by atoms with van der Waals surface area (Å²) in [5.74, 6) is 1.19. The Kier molecular flexibility index (Phi) is 3.91. The molecule has 0 spiro atoms. The molecule has 0 saturated carbocycles. The van der Waals surface area contributed by atoms with Gasteiger partial charge < -0.3 is 5.32 Å². The first kappa shape index (κ1) is 12.2. The minimum atomic E-state index is 0.291. The van der Waals surface area contributed by atoms with Gasteiger partial charge in [0, 0.05) is 6.54 Å². The standard InChI is InChI=1S/C11H18ClN3/c1-8(11(2,3)4)5-13-10-14-6-9(12)7-15-10/h6-8H,5H2,1-4H3,(H,13,14,15). The van der Waals surface area contributed by atoms with Gasteiger partial charge in [-0.1, -0.05) is 39.3 Å². The molecular weight excluding hydrogens is 210 g/mol. The molecule has 1 aromatic heterocycles. The zero-order chi connectivity index (χ0) is 11.5. The molecule has 84 valence electrons. The summed E-state index contributed by atoms with van der Waals surface area (Å²) in [5, 5.41) is 3.76. The van der Waals surface area contributed by atoms with Gasteiger partial charge >= 0.3 is 0 Å². The maximum absolute atomic E-state index is 5.69. The summed E-state index contributed by atoms with van der Waals surface area (Å²) in [4.78, 5) is 8.16. The van der Waals surface area contributed by atoms with Crippen LogP contribution in [0.2, 0.25) is 5.02 Å². The van der Waals surface area contributed by atoms with Crippen LogP contribution in [0.4, 0.5) is 5.95 Å². The summed E-state index contributed by atoms with van der Waals surface area (Å²) in [6.07, 6.45) is 3.19. The van der Waals surface area contributed by atoms with Crippen molar-refractivity contribution in [3.05, 3.63) is 17.4 Å². The number of halogens is 1. The van der Waals surface area contributed by atoms with E-state index in [2.05, 4.69) is 43.0 Å². The molecule has 0 aliphatic rings. The fourth-order valence-electron chi connectivity index (χ4n) is 0.954. The van der Waals surface area contributed by atoms with Crippen molar-refractivity contribution in [2.24, 2.45) is 11.3 Å². The molecule has 3 nitrogen and oxygen atoms in total. The molecule has 0 bridgehead atoms. The zero-order valence-electron chi connectivity index (χ0n) is 9.71. The van der Waals surface area contributed by atoms with Crippen molar-refractivity contribution >= 4 is 17.5 Å². The Morgan fingerprint density at radius 3 is 2.33 bits per heavy atom. The molecule has 1 aromatic rings. The maximum Gasteiger partial charge on any atom is 0.222 e. The zero-order valence-corrected chi connectivity index (χ0v) is 10.5. The highest BCUT2D eigenvalue weighted by Gasteiger charge is 2.19. The second kappa shape index (κ2) is 4.79. The number of rotatable bonds is 3. The largest absolute Gasteiger partial charge is 0.354 e. The highest BCUT2D eigenvalue weighted by atomic mass is 35.5. The molecule has 1 atom stereocenters. The minimum absolute atomic E-state index is 0.291. The van der Waals surface area contributed by atoms with Crippen molar-refractivity contribution in [1.29, 1.82) is 0 Å². The van der Waals surface area contributed by atoms with E-state index in [-0.39, 0.29) is 0 Å². The number of nitrogens with zero attached hydrogens (tertiary/aromatic N) is 2. The number of aromatic nitrogens is 2. The molecule has 0 aromatic carbocycles. The second-order valence-corrected chi connectivity index (χ2v) is 5.31. The molecule has 1 N–H and O–H groups in total. The van der Waals surface area contributed by atoms with Crippen LogP contribution in [-0.4, -0.2) is 16.5 Å². The fraction of sp³-hybridized carbons (Fsp3) is 0.636. The van der Waals surface area contributed by atoms with Crippen LogP contribution in [0.1, 0.15) is 27.7 Å². The van der Waals surface area contributed by atoms with Crippen LogP contribution < -0.4 is 5.32 Å². The smallest absolute Gasteiger partial charge is 0.222 e. The molecule has 0 aliphatic carbocycles. The first-order valence-electron chi connectivity index (χ1n) is 5.11. The summed E-state index contributed by atoms with van der Waals surface area (Å²) in [6, 6.07) is 0. The Morgan fingerprint density at radius 2 is 1.87 bits per heavy atom. The number of hydrogen-bond acceptors (Lipinski definition) is 3. The molecule has 1 unspecified atom stereocenters. The van der Waals surface area contributed by atoms with Crippen LogP contribution in [-0.2, 0) is 0 Å². The maximum atomic E-state index is 5.69. The van der Waals surface area contributed by atoms with Crippen molar-refractivity contribution in [3.63, 3.8) is 0 Å². The Morgan fingerprint density at radius 1 is 1.33 bits per heavy atom. The van der Waals surface area contributed by atoms with E-state index in [4.69, 9.17) is 11.6 Å². The van der Waals surface area contributed by atoms with Gasteiger partial charge in [-0.25, -0.2) is 9.97 Å². The van der Waals surface area contributed by atoms with E-state index in [0.29, 0.717) is 22.3 Å². The summed E-state index contributed by atoms with van der Waals surface area (Å²) in [5.41, 5.74) is 0.291. The van der Waals surface area contributed by atoms with Crippen LogP contribution in [0.25, 0.3) is 0 Å². The Hall–Kier alpha value is -0.830. The predicted molar refractivity (Wildman–Crippen MR) is 64.2 cm³/mol. The lowest BCUT2D eigenvalue weighted by molar-refractivity contribution is 0.274. The molecule has 15 heavy (non-hydrogen) atoms. The van der Waals surface area contributed by atoms with Gasteiger partial charge in [0.2, 0.25) is 5.95 Å². The number of hydrogen-bond donors (Lipinski definition) is 1. The van der Waals surface area contributed by atoms with Gasteiger partial charge in [-0.3, -0.25) is 0 Å². The van der Waals surface area contributed by atoms with Gasteiger partial charge in [0.05, 0.1) is 17.4 Å². The van der Waals surface area contributed by atoms with E-state index in [1.165, 1.54) is 0 Å². The highest BCUT2D eigenvalue weighted by molar-refractivity contribution is 6.30. The predicted octanol–water partition coefficient (Wildman–Crippen LogP) is 3.22. The lowest BCUT2D eigenvalue weighted by Gasteiger charge is -2.27. The van der Waals surface area contributed by atoms with Gasteiger partial charge in [0.15, 0.2) is 0 Å². The van der Waals surface area contributed by atoms with E-state index in [1.54, 1.807) is 12.4 Å². The quantitative estimate of drug-likeness (QED) is 0.862. The monoisotopic (exact) mass is 227 g/mol. The van der Waals surface area contributed by atoms with Crippen LogP contribution >= 0.6 is 11.6 Å². The average molecular weight is 228 g/mol. The van der Waals surface area contributed by atoms with Crippen molar-refractivity contribution < 1.29 is 0 Å². The van der Waals surface area contributed by atoms with Crippen molar-refractivity contribution in [2.75, 3.05) is 11.9 Å². The van der Waals surface area contributed by atoms with Gasteiger partial charge in [-0.15, -0.1) is 0 Å². The Balaban J connectivity index is 2.47. The SMILES string of the molecule is CC(CNc1ncc(Cl)cn1)C(C)(C)C. The van der Waals surface area contributed by atoms with Gasteiger partial charge in [0.25, 0.3) is 0 Å². The van der Waals surface area contributed by atoms with Crippen LogP contribution in [0, 0.1) is 11.3 Å². The van der Waals surface area contributed by atoms with Crippen LogP contribution in [0.3, 0.4) is 0 Å². The second-order valence-electron chi connectivity index (χ2n) is 4.87. The van der Waals surface area contributed by atoms with Crippen molar-refractivity contribution in [2.45, 2.75) is 27.7 Å². The summed E-state index contributed by atoms with van der Waals surface area (Å²) in [7, 11) is 0. The normalized spacial score (nSPS) is 13.7. The average Bonchev–Trinajstić information content (AvgIpc) is 2.15. The van der Waals surface area contributed by atoms with E-state index in [0.717, 1.165) is 6.54 Å². The molecule has 0 radical (unpaired) electrons. The molecule has 0 saturated heterocycles. The van der Waals surface area contributed by atoms with E-state index < -0.39 is 0 Å². The summed E-state index contributed by atoms with van der Waals surface area (Å²) in [6.45, 7) is 9.75. The van der Waals surface area contributed by atoms with Gasteiger partial charge in [-0.2, -0.15) is 0 Å². The molecule has 0 amide bonds. The van der Waals surface area contributed by atoms with Crippen molar-refractivity contribution in [1.82, 2.24) is 9.97 Å². The van der Waals surface area contributed by atoms with Crippen LogP contribution in [0.15, 0.2) is 12.4 Å². The van der Waals surface area contributed by atoms with E-state index in [1.807, 2.05) is 0 Å². The van der Waals surface area contributed by atoms with E-state index >= 15 is 0 Å². The minimum Gasteiger partial charge on any atom is -0.354 e. The van der Waals surface area contributed by atoms with Gasteiger partial charge in [0.1, 0.15) is 0 Å². The fourth-order valence-corrected chi connectivity index (χ4v) is 1.05. The molecule has 0 aliphatic heterocycles. The molecule has 4 heteroatoms. The van der Waals surface area contributed by atoms with E-state index in [9.17, 15) is 0 Å². The van der Waals surface area contributed by atoms with Crippen molar-refractivity contribution in [3.8, 4) is 0 Å². The van der Waals surface area contributed by atoms with Crippen LogP contribution in [0.5, 0.6) is 0 Å². The Bertz CT molecular complexity index is 303. The highest BCUT2D eigenvalue weighted by Crippen LogP contribution is 2.25. The first-order valence-corrected chi connectivity index (χ1v) is 5.49. The third-order valence-electron chi connectivity index (χ3n) is 2.67. The summed E-state index contributed by atoms with van der Waals surface area (Å²) >= 11 is 5.69. The number of nitrogens with one attached hydrogen (secondary N) is 1.